The molecule has 2 heterocycles. The molecule has 1 saturated heterocycles. The number of methoxy groups -OCH3 is 2. The Morgan fingerprint density at radius 1 is 0.872 bits per heavy atom. The van der Waals surface area contributed by atoms with E-state index >= 15 is 0 Å². The summed E-state index contributed by atoms with van der Waals surface area (Å²) in [5, 5.41) is 0. The maximum absolute atomic E-state index is 14.7. The first-order valence-corrected chi connectivity index (χ1v) is 13.2. The number of fused-ring (bicyclic) bond motifs is 5. The van der Waals surface area contributed by atoms with Crippen LogP contribution in [-0.2, 0) is 4.79 Å². The number of ether oxygens (including phenoxy) is 2. The molecule has 6 heteroatoms. The van der Waals surface area contributed by atoms with Gasteiger partial charge in [-0.2, -0.15) is 0 Å². The van der Waals surface area contributed by atoms with Crippen LogP contribution in [0, 0.1) is 10.8 Å². The number of carbonyl (C=O) groups excluding carboxylic acids is 3. The number of nitrogens with zero attached hydrogens (tertiary/aromatic N) is 1. The normalized spacial score (nSPS) is 22.5. The average molecular weight is 522 g/mol. The van der Waals surface area contributed by atoms with Crippen molar-refractivity contribution >= 4 is 29.1 Å². The Balaban J connectivity index is 1.72. The number of benzene rings is 3. The van der Waals surface area contributed by atoms with Crippen LogP contribution < -0.4 is 14.4 Å². The highest BCUT2D eigenvalue weighted by atomic mass is 16.5. The molecule has 3 atom stereocenters. The quantitative estimate of drug-likeness (QED) is 0.407. The van der Waals surface area contributed by atoms with Crippen LogP contribution in [0.4, 0.5) is 5.69 Å². The summed E-state index contributed by atoms with van der Waals surface area (Å²) in [6.07, 6.45) is 3.90. The zero-order valence-corrected chi connectivity index (χ0v) is 22.7. The lowest BCUT2D eigenvalue weighted by molar-refractivity contribution is -0.127. The van der Waals surface area contributed by atoms with E-state index in [0.717, 1.165) is 11.3 Å². The minimum absolute atomic E-state index is 0.0473. The molecule has 39 heavy (non-hydrogen) atoms. The number of rotatable bonds is 4. The first-order chi connectivity index (χ1) is 18.7. The van der Waals surface area contributed by atoms with E-state index in [1.165, 1.54) is 0 Å². The van der Waals surface area contributed by atoms with E-state index in [1.807, 2.05) is 68.2 Å². The van der Waals surface area contributed by atoms with Gasteiger partial charge in [0.15, 0.2) is 17.3 Å². The predicted octanol–water partition coefficient (Wildman–Crippen LogP) is 5.75. The van der Waals surface area contributed by atoms with Gasteiger partial charge in [-0.15, -0.1) is 0 Å². The first-order valence-electron chi connectivity index (χ1n) is 13.2. The lowest BCUT2D eigenvalue weighted by atomic mass is 9.63. The zero-order valence-electron chi connectivity index (χ0n) is 22.7. The standard InChI is InChI=1S/C33H31NO5/c1-32(2,3)31(37)28-27(23-16-15-20(38-4)18-25(23)39-5)33(29(35)21-11-7-8-12-22(21)30(33)36)26-17-14-19-10-6-9-13-24(19)34(26)28/h6-18,26-28H,1-5H3/t26-,27-,28+/m1/s1. The van der Waals surface area contributed by atoms with Crippen LogP contribution in [-0.4, -0.2) is 43.7 Å². The van der Waals surface area contributed by atoms with Gasteiger partial charge in [-0.1, -0.05) is 81.5 Å². The number of ketones is 3. The van der Waals surface area contributed by atoms with Crippen molar-refractivity contribution < 1.29 is 23.9 Å². The fraction of sp³-hybridized carbons (Fsp3) is 0.303. The second-order valence-electron chi connectivity index (χ2n) is 11.5. The predicted molar refractivity (Wildman–Crippen MR) is 150 cm³/mol. The summed E-state index contributed by atoms with van der Waals surface area (Å²) in [6.45, 7) is 5.66. The number of para-hydroxylation sites is 1. The summed E-state index contributed by atoms with van der Waals surface area (Å²) < 4.78 is 11.3. The van der Waals surface area contributed by atoms with Crippen LogP contribution >= 0.6 is 0 Å². The van der Waals surface area contributed by atoms with E-state index < -0.39 is 28.8 Å². The van der Waals surface area contributed by atoms with E-state index in [0.29, 0.717) is 28.2 Å². The van der Waals surface area contributed by atoms with Gasteiger partial charge in [0.05, 0.1) is 26.3 Å². The molecule has 3 aliphatic rings. The molecule has 0 saturated carbocycles. The van der Waals surface area contributed by atoms with E-state index in [9.17, 15) is 14.4 Å². The molecule has 3 aromatic rings. The fourth-order valence-electron chi connectivity index (χ4n) is 6.78. The molecule has 1 fully saturated rings. The lowest BCUT2D eigenvalue weighted by Gasteiger charge is -2.38. The molecule has 2 aliphatic heterocycles. The monoisotopic (exact) mass is 521 g/mol. The van der Waals surface area contributed by atoms with Crippen LogP contribution in [0.25, 0.3) is 6.08 Å². The Labute approximate surface area is 228 Å². The molecule has 0 N–H and O–H groups in total. The molecule has 0 bridgehead atoms. The number of anilines is 1. The molecular weight excluding hydrogens is 490 g/mol. The van der Waals surface area contributed by atoms with Gasteiger partial charge < -0.3 is 14.4 Å². The smallest absolute Gasteiger partial charge is 0.180 e. The van der Waals surface area contributed by atoms with Crippen molar-refractivity contribution in [3.63, 3.8) is 0 Å². The third-order valence-electron chi connectivity index (χ3n) is 8.50. The summed E-state index contributed by atoms with van der Waals surface area (Å²) in [5.41, 5.74) is 0.905. The van der Waals surface area contributed by atoms with Crippen molar-refractivity contribution in [2.75, 3.05) is 19.1 Å². The Bertz CT molecular complexity index is 1530. The molecule has 0 amide bonds. The third-order valence-corrected chi connectivity index (χ3v) is 8.50. The molecule has 6 nitrogen and oxygen atoms in total. The largest absolute Gasteiger partial charge is 0.497 e. The van der Waals surface area contributed by atoms with Crippen LogP contribution in [0.1, 0.15) is 58.5 Å². The van der Waals surface area contributed by atoms with Crippen LogP contribution in [0.3, 0.4) is 0 Å². The SMILES string of the molecule is COc1ccc([C@@H]2[C@@H](C(=O)C(C)(C)C)N3c4ccccc4C=C[C@@H]3C23C(=O)c2ccccc2C3=O)c(OC)c1. The van der Waals surface area contributed by atoms with Gasteiger partial charge in [-0.25, -0.2) is 0 Å². The maximum Gasteiger partial charge on any atom is 0.180 e. The van der Waals surface area contributed by atoms with Crippen molar-refractivity contribution in [2.45, 2.75) is 38.8 Å². The minimum atomic E-state index is -1.55. The molecule has 6 rings (SSSR count). The van der Waals surface area contributed by atoms with Gasteiger partial charge in [0, 0.05) is 39.8 Å². The average Bonchev–Trinajstić information content (AvgIpc) is 3.37. The van der Waals surface area contributed by atoms with Gasteiger partial charge in [0.25, 0.3) is 0 Å². The number of Topliss-reactive ketones (excluding diaryl/α,β-unsaturated/α-hetero) is 3. The van der Waals surface area contributed by atoms with Crippen molar-refractivity contribution in [2.24, 2.45) is 10.8 Å². The van der Waals surface area contributed by atoms with E-state index in [2.05, 4.69) is 0 Å². The van der Waals surface area contributed by atoms with Crippen molar-refractivity contribution in [3.8, 4) is 11.5 Å². The molecule has 1 aliphatic carbocycles. The Morgan fingerprint density at radius 2 is 1.51 bits per heavy atom. The highest BCUT2D eigenvalue weighted by molar-refractivity contribution is 6.32. The van der Waals surface area contributed by atoms with Gasteiger partial charge in [-0.3, -0.25) is 14.4 Å². The highest BCUT2D eigenvalue weighted by Crippen LogP contribution is 2.62. The van der Waals surface area contributed by atoms with E-state index in [4.69, 9.17) is 9.47 Å². The minimum Gasteiger partial charge on any atom is -0.497 e. The van der Waals surface area contributed by atoms with Crippen molar-refractivity contribution in [1.29, 1.82) is 0 Å². The Kier molecular flexibility index (Phi) is 5.58. The van der Waals surface area contributed by atoms with Gasteiger partial charge in [-0.05, 0) is 17.7 Å². The highest BCUT2D eigenvalue weighted by Gasteiger charge is 2.72. The second-order valence-corrected chi connectivity index (χ2v) is 11.5. The van der Waals surface area contributed by atoms with Crippen LogP contribution in [0.2, 0.25) is 0 Å². The maximum atomic E-state index is 14.7. The lowest BCUT2D eigenvalue weighted by Crippen LogP contribution is -2.49. The third kappa shape index (κ3) is 3.30. The number of hydrogen-bond acceptors (Lipinski definition) is 6. The number of hydrogen-bond donors (Lipinski definition) is 0. The van der Waals surface area contributed by atoms with Gasteiger partial charge in [0.2, 0.25) is 0 Å². The van der Waals surface area contributed by atoms with Crippen LogP contribution in [0.15, 0.2) is 72.8 Å². The summed E-state index contributed by atoms with van der Waals surface area (Å²) in [7, 11) is 3.12. The van der Waals surface area contributed by atoms with Gasteiger partial charge in [0.1, 0.15) is 16.9 Å². The molecule has 198 valence electrons. The van der Waals surface area contributed by atoms with Crippen molar-refractivity contribution in [3.05, 3.63) is 95.1 Å². The molecule has 3 aromatic carbocycles. The second kappa shape index (κ2) is 8.67. The molecule has 0 radical (unpaired) electrons. The van der Waals surface area contributed by atoms with E-state index in [1.54, 1.807) is 50.6 Å². The topological polar surface area (TPSA) is 72.9 Å². The summed E-state index contributed by atoms with van der Waals surface area (Å²) >= 11 is 0. The molecule has 1 spiro atoms. The Morgan fingerprint density at radius 3 is 2.13 bits per heavy atom. The summed E-state index contributed by atoms with van der Waals surface area (Å²) in [4.78, 5) is 45.9. The van der Waals surface area contributed by atoms with E-state index in [-0.39, 0.29) is 17.3 Å². The van der Waals surface area contributed by atoms with Crippen LogP contribution in [0.5, 0.6) is 11.5 Å². The zero-order chi connectivity index (χ0) is 27.7. The van der Waals surface area contributed by atoms with Crippen molar-refractivity contribution in [1.82, 2.24) is 0 Å². The molecular formula is C33H31NO5. The number of carbonyl (C=O) groups is 3. The first kappa shape index (κ1) is 25.1. The molecule has 0 unspecified atom stereocenters. The molecule has 0 aromatic heterocycles. The fourth-order valence-corrected chi connectivity index (χ4v) is 6.78. The summed E-state index contributed by atoms with van der Waals surface area (Å²) in [6, 6.07) is 18.7. The summed E-state index contributed by atoms with van der Waals surface area (Å²) in [5.74, 6) is -0.314. The Hall–Kier alpha value is -4.19. The van der Waals surface area contributed by atoms with Gasteiger partial charge >= 0.3 is 0 Å².